The Bertz CT molecular complexity index is 1420. The predicted molar refractivity (Wildman–Crippen MR) is 153 cm³/mol. The van der Waals surface area contributed by atoms with Gasteiger partial charge in [0.25, 0.3) is 5.56 Å². The zero-order valence-corrected chi connectivity index (χ0v) is 22.7. The molecule has 210 valence electrons. The number of anilines is 3. The first kappa shape index (κ1) is 27.1. The van der Waals surface area contributed by atoms with Crippen molar-refractivity contribution in [2.24, 2.45) is 0 Å². The van der Waals surface area contributed by atoms with Crippen molar-refractivity contribution in [2.45, 2.75) is 6.54 Å². The number of piperazine rings is 2. The van der Waals surface area contributed by atoms with Crippen molar-refractivity contribution >= 4 is 40.4 Å². The molecule has 2 fully saturated rings. The molecule has 2 aliphatic rings. The van der Waals surface area contributed by atoms with E-state index < -0.39 is 0 Å². The minimum atomic E-state index is -0.292. The third kappa shape index (κ3) is 6.07. The maximum atomic E-state index is 12.8. The monoisotopic (exact) mass is 546 g/mol. The lowest BCUT2D eigenvalue weighted by Gasteiger charge is -2.35. The van der Waals surface area contributed by atoms with Crippen molar-refractivity contribution < 1.29 is 14.3 Å². The van der Waals surface area contributed by atoms with E-state index in [-0.39, 0.29) is 17.6 Å². The zero-order valence-electron chi connectivity index (χ0n) is 22.7. The Balaban J connectivity index is 1.23. The Morgan fingerprint density at radius 3 is 2.33 bits per heavy atom. The Hall–Kier alpha value is -4.45. The van der Waals surface area contributed by atoms with Crippen LogP contribution in [0.4, 0.5) is 22.1 Å². The van der Waals surface area contributed by atoms with Crippen molar-refractivity contribution in [1.82, 2.24) is 29.2 Å². The van der Waals surface area contributed by atoms with E-state index in [0.717, 1.165) is 42.9 Å². The summed E-state index contributed by atoms with van der Waals surface area (Å²) in [4.78, 5) is 53.5. The maximum Gasteiger partial charge on any atom is 0.409 e. The fraction of sp³-hybridized carbons (Fsp3) is 0.393. The second-order valence-corrected chi connectivity index (χ2v) is 9.78. The minimum Gasteiger partial charge on any atom is -0.453 e. The summed E-state index contributed by atoms with van der Waals surface area (Å²) in [5.41, 5.74) is 2.35. The van der Waals surface area contributed by atoms with E-state index in [1.165, 1.54) is 13.2 Å². The zero-order chi connectivity index (χ0) is 28.1. The standard InChI is InChI=1S/C28H34N8O4/c1-3-24(37)34-13-10-32(11-14-34)12-19-36-25(38)9-4-21-20-29-27(31-26(21)36)30-22-5-7-23(8-6-22)33-15-17-35(18-16-33)28(39)40-2/h3-9,20H,1,10-19H2,2H3,(H,29,30,31). The number of rotatable bonds is 7. The molecule has 0 atom stereocenters. The van der Waals surface area contributed by atoms with Crippen LogP contribution in [-0.2, 0) is 16.1 Å². The number of aromatic nitrogens is 3. The van der Waals surface area contributed by atoms with Gasteiger partial charge in [-0.25, -0.2) is 9.78 Å². The Morgan fingerprint density at radius 2 is 1.65 bits per heavy atom. The Morgan fingerprint density at radius 1 is 0.950 bits per heavy atom. The molecule has 2 aromatic heterocycles. The molecule has 1 N–H and O–H groups in total. The maximum absolute atomic E-state index is 12.8. The molecule has 0 saturated carbocycles. The van der Waals surface area contributed by atoms with Gasteiger partial charge in [0.2, 0.25) is 11.9 Å². The topological polar surface area (TPSA) is 116 Å². The lowest BCUT2D eigenvalue weighted by atomic mass is 10.2. The molecule has 0 aliphatic carbocycles. The number of nitrogens with zero attached hydrogens (tertiary/aromatic N) is 7. The molecule has 2 saturated heterocycles. The highest BCUT2D eigenvalue weighted by molar-refractivity contribution is 5.87. The molecule has 0 radical (unpaired) electrons. The van der Waals surface area contributed by atoms with Crippen LogP contribution in [0, 0.1) is 0 Å². The quantitative estimate of drug-likeness (QED) is 0.443. The molecule has 12 heteroatoms. The predicted octanol–water partition coefficient (Wildman–Crippen LogP) is 1.75. The molecule has 1 aromatic carbocycles. The molecular formula is C28H34N8O4. The average Bonchev–Trinajstić information content (AvgIpc) is 3.00. The molecule has 2 aliphatic heterocycles. The van der Waals surface area contributed by atoms with E-state index in [2.05, 4.69) is 31.7 Å². The first-order valence-corrected chi connectivity index (χ1v) is 13.4. The van der Waals surface area contributed by atoms with Crippen LogP contribution < -0.4 is 15.8 Å². The highest BCUT2D eigenvalue weighted by Crippen LogP contribution is 2.22. The van der Waals surface area contributed by atoms with Crippen LogP contribution in [0.15, 0.2) is 60.0 Å². The molecule has 40 heavy (non-hydrogen) atoms. The number of benzene rings is 1. The highest BCUT2D eigenvalue weighted by atomic mass is 16.5. The molecule has 4 heterocycles. The van der Waals surface area contributed by atoms with Gasteiger partial charge in [0.05, 0.1) is 7.11 Å². The molecule has 12 nitrogen and oxygen atoms in total. The van der Waals surface area contributed by atoms with Crippen LogP contribution in [-0.4, -0.2) is 107 Å². The number of hydrogen-bond acceptors (Lipinski definition) is 9. The number of hydrogen-bond donors (Lipinski definition) is 1. The fourth-order valence-electron chi connectivity index (χ4n) is 5.07. The van der Waals surface area contributed by atoms with E-state index in [4.69, 9.17) is 4.74 Å². The second-order valence-electron chi connectivity index (χ2n) is 9.78. The molecule has 0 unspecified atom stereocenters. The van der Waals surface area contributed by atoms with Gasteiger partial charge in [0.15, 0.2) is 0 Å². The number of fused-ring (bicyclic) bond motifs is 1. The molecule has 0 bridgehead atoms. The lowest BCUT2D eigenvalue weighted by molar-refractivity contribution is -0.127. The Labute approximate surface area is 232 Å². The van der Waals surface area contributed by atoms with Crippen molar-refractivity contribution in [3.63, 3.8) is 0 Å². The van der Waals surface area contributed by atoms with Gasteiger partial charge in [-0.15, -0.1) is 0 Å². The number of ether oxygens (including phenoxy) is 1. The lowest BCUT2D eigenvalue weighted by Crippen LogP contribution is -2.49. The smallest absolute Gasteiger partial charge is 0.409 e. The van der Waals surface area contributed by atoms with Gasteiger partial charge in [0.1, 0.15) is 5.65 Å². The summed E-state index contributed by atoms with van der Waals surface area (Å²) in [5, 5.41) is 4.03. The van der Waals surface area contributed by atoms with Crippen LogP contribution in [0.1, 0.15) is 0 Å². The van der Waals surface area contributed by atoms with E-state index in [0.29, 0.717) is 50.9 Å². The van der Waals surface area contributed by atoms with Crippen LogP contribution >= 0.6 is 0 Å². The number of carbonyl (C=O) groups is 2. The van der Waals surface area contributed by atoms with Gasteiger partial charge >= 0.3 is 6.09 Å². The van der Waals surface area contributed by atoms with E-state index in [1.54, 1.807) is 32.7 Å². The SMILES string of the molecule is C=CC(=O)N1CCN(CCn2c(=O)ccc3cnc(Nc4ccc(N5CCN(C(=O)OC)CC5)cc4)nc32)CC1. The van der Waals surface area contributed by atoms with E-state index >= 15 is 0 Å². The number of pyridine rings is 1. The van der Waals surface area contributed by atoms with Crippen LogP contribution in [0.5, 0.6) is 0 Å². The number of carbonyl (C=O) groups excluding carboxylic acids is 2. The van der Waals surface area contributed by atoms with E-state index in [1.807, 2.05) is 24.3 Å². The summed E-state index contributed by atoms with van der Waals surface area (Å²) in [6.45, 7) is 10.2. The van der Waals surface area contributed by atoms with Crippen molar-refractivity contribution in [2.75, 3.05) is 76.2 Å². The molecular weight excluding hydrogens is 512 g/mol. The number of nitrogens with one attached hydrogen (secondary N) is 1. The fourth-order valence-corrected chi connectivity index (χ4v) is 5.07. The molecule has 0 spiro atoms. The minimum absolute atomic E-state index is 0.0465. The summed E-state index contributed by atoms with van der Waals surface area (Å²) in [7, 11) is 1.40. The normalized spacial score (nSPS) is 16.2. The first-order chi connectivity index (χ1) is 19.4. The third-order valence-electron chi connectivity index (χ3n) is 7.42. The van der Waals surface area contributed by atoms with Gasteiger partial charge in [-0.05, 0) is 36.4 Å². The van der Waals surface area contributed by atoms with Gasteiger partial charge < -0.3 is 24.8 Å². The summed E-state index contributed by atoms with van der Waals surface area (Å²) >= 11 is 0. The van der Waals surface area contributed by atoms with Crippen LogP contribution in [0.2, 0.25) is 0 Å². The highest BCUT2D eigenvalue weighted by Gasteiger charge is 2.22. The van der Waals surface area contributed by atoms with Crippen LogP contribution in [0.3, 0.4) is 0 Å². The third-order valence-corrected chi connectivity index (χ3v) is 7.42. The van der Waals surface area contributed by atoms with Gasteiger partial charge in [-0.3, -0.25) is 19.1 Å². The van der Waals surface area contributed by atoms with Crippen molar-refractivity contribution in [3.8, 4) is 0 Å². The molecule has 3 aromatic rings. The van der Waals surface area contributed by atoms with Gasteiger partial charge in [-0.2, -0.15) is 4.98 Å². The second kappa shape index (κ2) is 12.2. The largest absolute Gasteiger partial charge is 0.453 e. The van der Waals surface area contributed by atoms with Crippen molar-refractivity contribution in [3.05, 3.63) is 65.6 Å². The summed E-state index contributed by atoms with van der Waals surface area (Å²) < 4.78 is 6.49. The summed E-state index contributed by atoms with van der Waals surface area (Å²) in [6.07, 6.45) is 2.77. The summed E-state index contributed by atoms with van der Waals surface area (Å²) in [6, 6.07) is 11.3. The van der Waals surface area contributed by atoms with Gasteiger partial charge in [-0.1, -0.05) is 6.58 Å². The van der Waals surface area contributed by atoms with E-state index in [9.17, 15) is 14.4 Å². The van der Waals surface area contributed by atoms with Crippen LogP contribution in [0.25, 0.3) is 11.0 Å². The summed E-state index contributed by atoms with van der Waals surface area (Å²) in [5.74, 6) is 0.359. The number of methoxy groups -OCH3 is 1. The molecule has 5 rings (SSSR count). The Kier molecular flexibility index (Phi) is 8.25. The molecule has 2 amide bonds. The van der Waals surface area contributed by atoms with Crippen molar-refractivity contribution in [1.29, 1.82) is 0 Å². The van der Waals surface area contributed by atoms with Gasteiger partial charge in [0, 0.05) is 94.5 Å². The number of amides is 2. The average molecular weight is 547 g/mol. The first-order valence-electron chi connectivity index (χ1n) is 13.4.